The molecule has 116 valence electrons. The molecule has 1 aromatic carbocycles. The molecule has 0 atom stereocenters. The van der Waals surface area contributed by atoms with E-state index in [-0.39, 0.29) is 5.78 Å². The average molecular weight is 290 g/mol. The van der Waals surface area contributed by atoms with Crippen LogP contribution in [0.5, 0.6) is 0 Å². The Morgan fingerprint density at radius 3 is 2.29 bits per heavy atom. The van der Waals surface area contributed by atoms with Crippen LogP contribution in [0.25, 0.3) is 0 Å². The van der Waals surface area contributed by atoms with Gasteiger partial charge in [0, 0.05) is 39.1 Å². The molecule has 0 aromatic heterocycles. The first-order valence-corrected chi connectivity index (χ1v) is 7.80. The van der Waals surface area contributed by atoms with E-state index in [9.17, 15) is 4.79 Å². The van der Waals surface area contributed by atoms with Crippen molar-refractivity contribution in [3.63, 3.8) is 0 Å². The zero-order valence-corrected chi connectivity index (χ0v) is 13.6. The second-order valence-electron chi connectivity index (χ2n) is 6.02. The fourth-order valence-electron chi connectivity index (χ4n) is 3.29. The molecule has 1 aliphatic rings. The normalized spacial score (nSPS) is 17.7. The Labute approximate surface area is 127 Å². The number of carbonyl (C=O) groups is 1. The number of Topliss-reactive ketones (excluding diaryl/α,β-unsaturated/α-hetero) is 1. The summed E-state index contributed by atoms with van der Waals surface area (Å²) in [5, 5.41) is 0. The predicted molar refractivity (Wildman–Crippen MR) is 83.8 cm³/mol. The van der Waals surface area contributed by atoms with Crippen LogP contribution in [0.4, 0.5) is 0 Å². The summed E-state index contributed by atoms with van der Waals surface area (Å²) in [6.45, 7) is 9.99. The molecule has 3 heteroatoms. The van der Waals surface area contributed by atoms with Crippen LogP contribution in [0.2, 0.25) is 0 Å². The number of ketones is 1. The number of carbonyl (C=O) groups excluding carboxylic acids is 1. The second kappa shape index (κ2) is 6.71. The average Bonchev–Trinajstić information content (AvgIpc) is 2.44. The van der Waals surface area contributed by atoms with E-state index in [1.165, 1.54) is 16.7 Å². The van der Waals surface area contributed by atoms with E-state index < -0.39 is 5.60 Å². The standard InChI is InChI=1S/C18H26O3/c1-5-21-18(6-8-20-9-7-18)17(19)12-16-14(3)10-13(2)11-15(16)4/h10-11H,5-9,12H2,1-4H3. The number of hydrogen-bond acceptors (Lipinski definition) is 3. The lowest BCUT2D eigenvalue weighted by Gasteiger charge is -2.35. The van der Waals surface area contributed by atoms with Crippen LogP contribution in [0.3, 0.4) is 0 Å². The van der Waals surface area contributed by atoms with E-state index in [1.54, 1.807) is 0 Å². The van der Waals surface area contributed by atoms with Crippen LogP contribution in [-0.4, -0.2) is 31.2 Å². The lowest BCUT2D eigenvalue weighted by molar-refractivity contribution is -0.156. The van der Waals surface area contributed by atoms with Crippen molar-refractivity contribution in [3.05, 3.63) is 34.4 Å². The van der Waals surface area contributed by atoms with E-state index in [0.717, 1.165) is 5.56 Å². The van der Waals surface area contributed by atoms with Gasteiger partial charge in [-0.2, -0.15) is 0 Å². The summed E-state index contributed by atoms with van der Waals surface area (Å²) in [4.78, 5) is 12.9. The first kappa shape index (κ1) is 16.2. The van der Waals surface area contributed by atoms with Gasteiger partial charge in [-0.05, 0) is 44.4 Å². The Kier molecular flexibility index (Phi) is 5.17. The van der Waals surface area contributed by atoms with Crippen LogP contribution >= 0.6 is 0 Å². The van der Waals surface area contributed by atoms with Gasteiger partial charge in [0.15, 0.2) is 5.78 Å². The number of benzene rings is 1. The van der Waals surface area contributed by atoms with Gasteiger partial charge in [0.25, 0.3) is 0 Å². The predicted octanol–water partition coefficient (Wildman–Crippen LogP) is 3.31. The Morgan fingerprint density at radius 2 is 1.76 bits per heavy atom. The van der Waals surface area contributed by atoms with E-state index in [2.05, 4.69) is 32.9 Å². The van der Waals surface area contributed by atoms with Crippen molar-refractivity contribution in [3.8, 4) is 0 Å². The molecule has 0 N–H and O–H groups in total. The highest BCUT2D eigenvalue weighted by Crippen LogP contribution is 2.29. The molecule has 2 rings (SSSR count). The number of hydrogen-bond donors (Lipinski definition) is 0. The Balaban J connectivity index is 2.23. The van der Waals surface area contributed by atoms with E-state index >= 15 is 0 Å². The lowest BCUT2D eigenvalue weighted by Crippen LogP contribution is -2.47. The molecule has 1 heterocycles. The van der Waals surface area contributed by atoms with Crippen molar-refractivity contribution in [2.75, 3.05) is 19.8 Å². The van der Waals surface area contributed by atoms with Crippen LogP contribution < -0.4 is 0 Å². The molecule has 3 nitrogen and oxygen atoms in total. The van der Waals surface area contributed by atoms with Gasteiger partial charge in [-0.3, -0.25) is 4.79 Å². The lowest BCUT2D eigenvalue weighted by atomic mass is 9.84. The van der Waals surface area contributed by atoms with Crippen LogP contribution in [-0.2, 0) is 20.7 Å². The van der Waals surface area contributed by atoms with Crippen molar-refractivity contribution in [1.82, 2.24) is 0 Å². The van der Waals surface area contributed by atoms with E-state index in [1.807, 2.05) is 6.92 Å². The number of ether oxygens (including phenoxy) is 2. The molecule has 0 bridgehead atoms. The zero-order chi connectivity index (χ0) is 15.5. The highest BCUT2D eigenvalue weighted by molar-refractivity contribution is 5.89. The van der Waals surface area contributed by atoms with Gasteiger partial charge < -0.3 is 9.47 Å². The van der Waals surface area contributed by atoms with Crippen LogP contribution in [0.1, 0.15) is 42.0 Å². The summed E-state index contributed by atoms with van der Waals surface area (Å²) in [5.41, 5.74) is 4.14. The molecule has 21 heavy (non-hydrogen) atoms. The summed E-state index contributed by atoms with van der Waals surface area (Å²) in [6.07, 6.45) is 1.80. The SMILES string of the molecule is CCOC1(C(=O)Cc2c(C)cc(C)cc2C)CCOCC1. The van der Waals surface area contributed by atoms with Gasteiger partial charge >= 0.3 is 0 Å². The van der Waals surface area contributed by atoms with Gasteiger partial charge in [0.1, 0.15) is 5.60 Å². The second-order valence-corrected chi connectivity index (χ2v) is 6.02. The molecule has 0 aliphatic carbocycles. The van der Waals surface area contributed by atoms with Gasteiger partial charge in [-0.1, -0.05) is 17.7 Å². The molecule has 0 saturated carbocycles. The van der Waals surface area contributed by atoms with Crippen molar-refractivity contribution in [1.29, 1.82) is 0 Å². The zero-order valence-electron chi connectivity index (χ0n) is 13.6. The Bertz CT molecular complexity index is 485. The van der Waals surface area contributed by atoms with Crippen molar-refractivity contribution in [2.45, 2.75) is 52.6 Å². The third kappa shape index (κ3) is 3.53. The molecule has 0 unspecified atom stereocenters. The maximum Gasteiger partial charge on any atom is 0.169 e. The third-order valence-electron chi connectivity index (χ3n) is 4.41. The minimum absolute atomic E-state index is 0.197. The molecule has 0 radical (unpaired) electrons. The summed E-state index contributed by atoms with van der Waals surface area (Å²) in [5.74, 6) is 0.197. The van der Waals surface area contributed by atoms with Crippen LogP contribution in [0.15, 0.2) is 12.1 Å². The number of aryl methyl sites for hydroxylation is 3. The topological polar surface area (TPSA) is 35.5 Å². The summed E-state index contributed by atoms with van der Waals surface area (Å²) >= 11 is 0. The molecule has 1 aliphatic heterocycles. The fourth-order valence-corrected chi connectivity index (χ4v) is 3.29. The van der Waals surface area contributed by atoms with Crippen molar-refractivity contribution < 1.29 is 14.3 Å². The van der Waals surface area contributed by atoms with Crippen LogP contribution in [0, 0.1) is 20.8 Å². The molecule has 1 aromatic rings. The van der Waals surface area contributed by atoms with Gasteiger partial charge in [0.2, 0.25) is 0 Å². The van der Waals surface area contributed by atoms with E-state index in [4.69, 9.17) is 9.47 Å². The molecule has 1 saturated heterocycles. The molecule has 0 spiro atoms. The monoisotopic (exact) mass is 290 g/mol. The molecule has 0 amide bonds. The summed E-state index contributed by atoms with van der Waals surface area (Å²) < 4.78 is 11.3. The quantitative estimate of drug-likeness (QED) is 0.834. The molecular formula is C18H26O3. The van der Waals surface area contributed by atoms with Crippen molar-refractivity contribution in [2.24, 2.45) is 0 Å². The first-order valence-electron chi connectivity index (χ1n) is 7.80. The maximum absolute atomic E-state index is 12.9. The Morgan fingerprint density at radius 1 is 1.19 bits per heavy atom. The minimum Gasteiger partial charge on any atom is -0.381 e. The van der Waals surface area contributed by atoms with Gasteiger partial charge in [0.05, 0.1) is 0 Å². The summed E-state index contributed by atoms with van der Waals surface area (Å²) in [6, 6.07) is 4.29. The largest absolute Gasteiger partial charge is 0.381 e. The molecular weight excluding hydrogens is 264 g/mol. The maximum atomic E-state index is 12.9. The Hall–Kier alpha value is -1.19. The minimum atomic E-state index is -0.642. The highest BCUT2D eigenvalue weighted by atomic mass is 16.5. The van der Waals surface area contributed by atoms with Gasteiger partial charge in [-0.15, -0.1) is 0 Å². The van der Waals surface area contributed by atoms with E-state index in [0.29, 0.717) is 39.1 Å². The summed E-state index contributed by atoms with van der Waals surface area (Å²) in [7, 11) is 0. The smallest absolute Gasteiger partial charge is 0.169 e. The van der Waals surface area contributed by atoms with Gasteiger partial charge in [-0.25, -0.2) is 0 Å². The highest BCUT2D eigenvalue weighted by Gasteiger charge is 2.40. The van der Waals surface area contributed by atoms with Crippen molar-refractivity contribution >= 4 is 5.78 Å². The fraction of sp³-hybridized carbons (Fsp3) is 0.611. The first-order chi connectivity index (χ1) is 9.98. The third-order valence-corrected chi connectivity index (χ3v) is 4.41. The number of rotatable bonds is 5. The molecule has 1 fully saturated rings.